The largest absolute Gasteiger partial charge is 0.472 e. The average Bonchev–Trinajstić information content (AvgIpc) is 3.31. The van der Waals surface area contributed by atoms with Crippen molar-refractivity contribution in [1.82, 2.24) is 15.1 Å². The smallest absolute Gasteiger partial charge is 0.289 e. The van der Waals surface area contributed by atoms with Crippen molar-refractivity contribution in [3.05, 3.63) is 48.3 Å². The Balaban J connectivity index is 0.00000225. The quantitative estimate of drug-likeness (QED) is 0.433. The van der Waals surface area contributed by atoms with Crippen LogP contribution in [0.3, 0.4) is 0 Å². The fraction of sp³-hybridized carbons (Fsp3) is 0.412. The van der Waals surface area contributed by atoms with Crippen LogP contribution in [0.25, 0.3) is 0 Å². The van der Waals surface area contributed by atoms with Crippen molar-refractivity contribution < 1.29 is 13.6 Å². The van der Waals surface area contributed by atoms with E-state index in [0.29, 0.717) is 25.4 Å². The molecule has 3 rings (SSSR count). The van der Waals surface area contributed by atoms with E-state index >= 15 is 0 Å². The molecule has 7 nitrogen and oxygen atoms in total. The summed E-state index contributed by atoms with van der Waals surface area (Å²) in [6.07, 6.45) is 4.87. The van der Waals surface area contributed by atoms with Crippen LogP contribution in [0.2, 0.25) is 0 Å². The summed E-state index contributed by atoms with van der Waals surface area (Å²) in [6, 6.07) is 5.34. The molecule has 0 atom stereocenters. The lowest BCUT2D eigenvalue weighted by molar-refractivity contribution is 0.0657. The van der Waals surface area contributed by atoms with Gasteiger partial charge in [0.05, 0.1) is 25.3 Å². The van der Waals surface area contributed by atoms with Gasteiger partial charge in [0.2, 0.25) is 0 Å². The molecule has 1 amide bonds. The molecular weight excluding hydrogens is 435 g/mol. The normalized spacial score (nSPS) is 15.0. The first-order valence-corrected chi connectivity index (χ1v) is 8.15. The van der Waals surface area contributed by atoms with E-state index in [1.807, 2.05) is 17.9 Å². The first-order valence-electron chi connectivity index (χ1n) is 8.15. The van der Waals surface area contributed by atoms with Crippen LogP contribution < -0.4 is 5.32 Å². The number of hydrogen-bond acceptors (Lipinski definition) is 4. The summed E-state index contributed by atoms with van der Waals surface area (Å²) < 4.78 is 10.3. The van der Waals surface area contributed by atoms with E-state index in [9.17, 15) is 4.79 Å². The van der Waals surface area contributed by atoms with Crippen molar-refractivity contribution in [3.8, 4) is 0 Å². The summed E-state index contributed by atoms with van der Waals surface area (Å²) in [4.78, 5) is 20.9. The van der Waals surface area contributed by atoms with Gasteiger partial charge in [0.1, 0.15) is 0 Å². The zero-order valence-electron chi connectivity index (χ0n) is 14.2. The number of nitrogens with one attached hydrogen (secondary N) is 1. The van der Waals surface area contributed by atoms with E-state index in [0.717, 1.165) is 31.2 Å². The molecule has 1 N–H and O–H groups in total. The van der Waals surface area contributed by atoms with Crippen LogP contribution in [-0.4, -0.2) is 54.4 Å². The van der Waals surface area contributed by atoms with Crippen LogP contribution in [0.4, 0.5) is 0 Å². The summed E-state index contributed by atoms with van der Waals surface area (Å²) in [5.41, 5.74) is 1.04. The lowest BCUT2D eigenvalue weighted by atomic mass is 10.3. The number of hydrogen-bond donors (Lipinski definition) is 1. The Morgan fingerprint density at radius 2 is 1.96 bits per heavy atom. The highest BCUT2D eigenvalue weighted by atomic mass is 127. The van der Waals surface area contributed by atoms with Gasteiger partial charge in [-0.05, 0) is 25.1 Å². The molecule has 8 heteroatoms. The maximum atomic E-state index is 12.3. The molecule has 0 aromatic carbocycles. The van der Waals surface area contributed by atoms with Gasteiger partial charge in [0.15, 0.2) is 11.7 Å². The minimum Gasteiger partial charge on any atom is -0.472 e. The third-order valence-electron chi connectivity index (χ3n) is 3.92. The summed E-state index contributed by atoms with van der Waals surface area (Å²) in [7, 11) is 0. The van der Waals surface area contributed by atoms with Crippen LogP contribution in [0.5, 0.6) is 0 Å². The molecule has 1 aliphatic heterocycles. The van der Waals surface area contributed by atoms with Gasteiger partial charge in [-0.1, -0.05) is 0 Å². The summed E-state index contributed by atoms with van der Waals surface area (Å²) >= 11 is 0. The first-order chi connectivity index (χ1) is 11.8. The molecule has 0 radical (unpaired) electrons. The Hall–Kier alpha value is -1.97. The molecule has 3 heterocycles. The van der Waals surface area contributed by atoms with Crippen molar-refractivity contribution >= 4 is 35.8 Å². The molecule has 136 valence electrons. The van der Waals surface area contributed by atoms with E-state index < -0.39 is 0 Å². The third kappa shape index (κ3) is 5.00. The highest BCUT2D eigenvalue weighted by Crippen LogP contribution is 2.10. The molecule has 0 aliphatic carbocycles. The Bertz CT molecular complexity index is 662. The van der Waals surface area contributed by atoms with Crippen molar-refractivity contribution in [1.29, 1.82) is 0 Å². The second-order valence-corrected chi connectivity index (χ2v) is 5.56. The predicted molar refractivity (Wildman–Crippen MR) is 105 cm³/mol. The molecule has 0 spiro atoms. The SMILES string of the molecule is CCNC(=NCc1ccoc1)N1CCN(C(=O)c2ccco2)CC1.I. The number of amides is 1. The number of rotatable bonds is 4. The Morgan fingerprint density at radius 1 is 1.20 bits per heavy atom. The number of carbonyl (C=O) groups excluding carboxylic acids is 1. The van der Waals surface area contributed by atoms with Gasteiger partial charge < -0.3 is 24.0 Å². The summed E-state index contributed by atoms with van der Waals surface area (Å²) in [5, 5.41) is 3.31. The van der Waals surface area contributed by atoms with Crippen molar-refractivity contribution in [2.24, 2.45) is 4.99 Å². The lowest BCUT2D eigenvalue weighted by Gasteiger charge is -2.36. The van der Waals surface area contributed by atoms with Gasteiger partial charge in [0, 0.05) is 38.3 Å². The van der Waals surface area contributed by atoms with Gasteiger partial charge >= 0.3 is 0 Å². The number of furan rings is 2. The Labute approximate surface area is 164 Å². The van der Waals surface area contributed by atoms with Crippen molar-refractivity contribution in [2.75, 3.05) is 32.7 Å². The van der Waals surface area contributed by atoms with Gasteiger partial charge in [-0.3, -0.25) is 4.79 Å². The molecule has 0 saturated carbocycles. The molecule has 1 saturated heterocycles. The van der Waals surface area contributed by atoms with Crippen LogP contribution in [0, 0.1) is 0 Å². The molecule has 2 aromatic heterocycles. The van der Waals surface area contributed by atoms with Crippen molar-refractivity contribution in [3.63, 3.8) is 0 Å². The zero-order valence-corrected chi connectivity index (χ0v) is 16.5. The van der Waals surface area contributed by atoms with Gasteiger partial charge in [-0.15, -0.1) is 24.0 Å². The van der Waals surface area contributed by atoms with E-state index in [-0.39, 0.29) is 29.9 Å². The second kappa shape index (κ2) is 9.50. The Morgan fingerprint density at radius 3 is 2.56 bits per heavy atom. The standard InChI is InChI=1S/C17H22N4O3.HI/c1-2-18-17(19-12-14-5-11-23-13-14)21-8-6-20(7-9-21)16(22)15-4-3-10-24-15;/h3-5,10-11,13H,2,6-9,12H2,1H3,(H,18,19);1H. The molecule has 1 aliphatic rings. The number of guanidine groups is 1. The second-order valence-electron chi connectivity index (χ2n) is 5.56. The van der Waals surface area contributed by atoms with E-state index in [1.54, 1.807) is 24.7 Å². The number of aliphatic imine (C=N–C) groups is 1. The van der Waals surface area contributed by atoms with Crippen LogP contribution in [0.15, 0.2) is 50.8 Å². The van der Waals surface area contributed by atoms with Crippen LogP contribution in [0.1, 0.15) is 23.0 Å². The van der Waals surface area contributed by atoms with Gasteiger partial charge in [-0.25, -0.2) is 4.99 Å². The number of carbonyl (C=O) groups is 1. The number of halogens is 1. The maximum Gasteiger partial charge on any atom is 0.289 e. The third-order valence-corrected chi connectivity index (χ3v) is 3.92. The molecule has 2 aromatic rings. The van der Waals surface area contributed by atoms with Crippen molar-refractivity contribution in [2.45, 2.75) is 13.5 Å². The number of nitrogens with zero attached hydrogens (tertiary/aromatic N) is 3. The molecule has 25 heavy (non-hydrogen) atoms. The Kier molecular flexibility index (Phi) is 7.35. The number of piperazine rings is 1. The molecule has 1 fully saturated rings. The molecule has 0 bridgehead atoms. The fourth-order valence-corrected chi connectivity index (χ4v) is 2.65. The van der Waals surface area contributed by atoms with Crippen LogP contribution >= 0.6 is 24.0 Å². The van der Waals surface area contributed by atoms with E-state index in [4.69, 9.17) is 8.83 Å². The van der Waals surface area contributed by atoms with Gasteiger partial charge in [0.25, 0.3) is 5.91 Å². The first kappa shape index (κ1) is 19.4. The topological polar surface area (TPSA) is 74.2 Å². The maximum absolute atomic E-state index is 12.3. The monoisotopic (exact) mass is 458 g/mol. The predicted octanol–water partition coefficient (Wildman–Crippen LogP) is 2.41. The highest BCUT2D eigenvalue weighted by Gasteiger charge is 2.25. The summed E-state index contributed by atoms with van der Waals surface area (Å²) in [5.74, 6) is 1.20. The minimum atomic E-state index is -0.0556. The lowest BCUT2D eigenvalue weighted by Crippen LogP contribution is -2.53. The zero-order chi connectivity index (χ0) is 16.8. The summed E-state index contributed by atoms with van der Waals surface area (Å²) in [6.45, 7) is 6.20. The van der Waals surface area contributed by atoms with E-state index in [1.165, 1.54) is 6.26 Å². The molecule has 0 unspecified atom stereocenters. The average molecular weight is 458 g/mol. The highest BCUT2D eigenvalue weighted by molar-refractivity contribution is 14.0. The van der Waals surface area contributed by atoms with Gasteiger partial charge in [-0.2, -0.15) is 0 Å². The van der Waals surface area contributed by atoms with Crippen LogP contribution in [-0.2, 0) is 6.54 Å². The fourth-order valence-electron chi connectivity index (χ4n) is 2.65. The minimum absolute atomic E-state index is 0. The van der Waals surface area contributed by atoms with E-state index in [2.05, 4.69) is 15.2 Å². The molecular formula is C17H23IN4O3.